The summed E-state index contributed by atoms with van der Waals surface area (Å²) >= 11 is 2.79. The lowest BCUT2D eigenvalue weighted by atomic mass is 10.1. The second-order valence-corrected chi connectivity index (χ2v) is 8.47. The van der Waals surface area contributed by atoms with Crippen molar-refractivity contribution in [1.29, 1.82) is 0 Å². The lowest BCUT2D eigenvalue weighted by Crippen LogP contribution is -2.23. The maximum absolute atomic E-state index is 12.5. The Labute approximate surface area is 171 Å². The first-order valence-corrected chi connectivity index (χ1v) is 10.7. The van der Waals surface area contributed by atoms with Crippen LogP contribution in [0.25, 0.3) is 0 Å². The first-order valence-electron chi connectivity index (χ1n) is 8.91. The number of hydrogen-bond acceptors (Lipinski definition) is 7. The number of hydrogen-bond donors (Lipinski definition) is 1. The molecule has 0 aliphatic carbocycles. The first-order chi connectivity index (χ1) is 13.7. The molecule has 1 amide bonds. The molecule has 0 spiro atoms. The molecule has 1 aromatic heterocycles. The monoisotopic (exact) mass is 410 g/mol. The lowest BCUT2D eigenvalue weighted by Gasteiger charge is -2.15. The minimum atomic E-state index is 0.0251. The molecule has 1 N–H and O–H groups in total. The number of aromatic nitrogens is 2. The molecule has 1 saturated heterocycles. The maximum Gasteiger partial charge on any atom is 0.227 e. The quantitative estimate of drug-likeness (QED) is 0.460. The van der Waals surface area contributed by atoms with Crippen LogP contribution in [0.1, 0.15) is 23.2 Å². The van der Waals surface area contributed by atoms with E-state index in [2.05, 4.69) is 15.5 Å². The number of benzene rings is 2. The number of ketones is 1. The van der Waals surface area contributed by atoms with Gasteiger partial charge in [0.2, 0.25) is 11.0 Å². The average molecular weight is 411 g/mol. The summed E-state index contributed by atoms with van der Waals surface area (Å²) in [6.07, 6.45) is 1.49. The van der Waals surface area contributed by atoms with Crippen molar-refractivity contribution >= 4 is 51.3 Å². The van der Waals surface area contributed by atoms with Crippen molar-refractivity contribution < 1.29 is 9.59 Å². The molecule has 4 rings (SSSR count). The van der Waals surface area contributed by atoms with Crippen molar-refractivity contribution in [3.63, 3.8) is 0 Å². The summed E-state index contributed by atoms with van der Waals surface area (Å²) in [5.74, 6) is 0.463. The molecule has 28 heavy (non-hydrogen) atoms. The highest BCUT2D eigenvalue weighted by Crippen LogP contribution is 2.28. The zero-order valence-corrected chi connectivity index (χ0v) is 16.6. The van der Waals surface area contributed by atoms with E-state index in [1.54, 1.807) is 17.0 Å². The topological polar surface area (TPSA) is 75.2 Å². The standard InChI is InChI=1S/C20H18N4O2S2/c25-17(14-8-10-16(11-9-14)24-12-4-7-18(24)26)13-27-20-23-22-19(28-20)21-15-5-2-1-3-6-15/h1-3,5-6,8-11H,4,7,12-13H2,(H,21,22). The molecule has 0 bridgehead atoms. The Kier molecular flexibility index (Phi) is 5.68. The molecule has 142 valence electrons. The van der Waals surface area contributed by atoms with Crippen LogP contribution in [0.3, 0.4) is 0 Å². The maximum atomic E-state index is 12.5. The fourth-order valence-electron chi connectivity index (χ4n) is 2.92. The number of amides is 1. The van der Waals surface area contributed by atoms with E-state index in [0.29, 0.717) is 22.9 Å². The van der Waals surface area contributed by atoms with Gasteiger partial charge in [0.1, 0.15) is 0 Å². The van der Waals surface area contributed by atoms with Crippen molar-refractivity contribution in [2.45, 2.75) is 17.2 Å². The Morgan fingerprint density at radius 2 is 1.89 bits per heavy atom. The Morgan fingerprint density at radius 1 is 1.11 bits per heavy atom. The van der Waals surface area contributed by atoms with Gasteiger partial charge in [0.05, 0.1) is 5.75 Å². The highest BCUT2D eigenvalue weighted by Gasteiger charge is 2.21. The van der Waals surface area contributed by atoms with Crippen LogP contribution < -0.4 is 10.2 Å². The molecule has 2 aromatic carbocycles. The summed E-state index contributed by atoms with van der Waals surface area (Å²) < 4.78 is 0.742. The van der Waals surface area contributed by atoms with Gasteiger partial charge in [-0.3, -0.25) is 9.59 Å². The van der Waals surface area contributed by atoms with Gasteiger partial charge in [-0.05, 0) is 42.8 Å². The molecule has 1 aliphatic rings. The van der Waals surface area contributed by atoms with Crippen LogP contribution in [0.5, 0.6) is 0 Å². The van der Waals surface area contributed by atoms with Gasteiger partial charge in [-0.1, -0.05) is 41.3 Å². The van der Waals surface area contributed by atoms with Crippen molar-refractivity contribution in [3.8, 4) is 0 Å². The van der Waals surface area contributed by atoms with Crippen LogP contribution in [0.15, 0.2) is 58.9 Å². The molecule has 8 heteroatoms. The fourth-order valence-corrected chi connectivity index (χ4v) is 4.59. The van der Waals surface area contributed by atoms with Crippen molar-refractivity contribution in [3.05, 3.63) is 60.2 Å². The Morgan fingerprint density at radius 3 is 2.61 bits per heavy atom. The Balaban J connectivity index is 1.32. The third-order valence-corrected chi connectivity index (χ3v) is 6.30. The number of rotatable bonds is 7. The number of thioether (sulfide) groups is 1. The van der Waals surface area contributed by atoms with Gasteiger partial charge in [-0.25, -0.2) is 0 Å². The van der Waals surface area contributed by atoms with E-state index in [-0.39, 0.29) is 11.7 Å². The van der Waals surface area contributed by atoms with E-state index >= 15 is 0 Å². The van der Waals surface area contributed by atoms with E-state index in [1.165, 1.54) is 23.1 Å². The number of para-hydroxylation sites is 1. The lowest BCUT2D eigenvalue weighted by molar-refractivity contribution is -0.117. The van der Waals surface area contributed by atoms with Crippen molar-refractivity contribution in [2.75, 3.05) is 22.5 Å². The van der Waals surface area contributed by atoms with E-state index in [1.807, 2.05) is 42.5 Å². The Hall–Kier alpha value is -2.71. The van der Waals surface area contributed by atoms with Crippen molar-refractivity contribution in [1.82, 2.24) is 10.2 Å². The highest BCUT2D eigenvalue weighted by molar-refractivity contribution is 8.01. The number of Topliss-reactive ketones (excluding diaryl/α,β-unsaturated/α-hetero) is 1. The van der Waals surface area contributed by atoms with Gasteiger partial charge >= 0.3 is 0 Å². The van der Waals surface area contributed by atoms with Crippen molar-refractivity contribution in [2.24, 2.45) is 0 Å². The molecule has 0 saturated carbocycles. The molecule has 1 fully saturated rings. The minimum absolute atomic E-state index is 0.0251. The predicted molar refractivity (Wildman–Crippen MR) is 113 cm³/mol. The van der Waals surface area contributed by atoms with Crippen LogP contribution in [0.4, 0.5) is 16.5 Å². The predicted octanol–water partition coefficient (Wildman–Crippen LogP) is 4.38. The number of carbonyl (C=O) groups excluding carboxylic acids is 2. The van der Waals surface area contributed by atoms with Gasteiger partial charge in [0.25, 0.3) is 0 Å². The zero-order chi connectivity index (χ0) is 19.3. The normalized spacial score (nSPS) is 13.7. The van der Waals surface area contributed by atoms with Gasteiger partial charge in [-0.15, -0.1) is 10.2 Å². The van der Waals surface area contributed by atoms with Gasteiger partial charge < -0.3 is 10.2 Å². The van der Waals surface area contributed by atoms with E-state index in [9.17, 15) is 9.59 Å². The molecule has 1 aliphatic heterocycles. The fraction of sp³-hybridized carbons (Fsp3) is 0.200. The van der Waals surface area contributed by atoms with Crippen LogP contribution in [0, 0.1) is 0 Å². The summed E-state index contributed by atoms with van der Waals surface area (Å²) in [4.78, 5) is 26.0. The van der Waals surface area contributed by atoms with Crippen LogP contribution in [-0.2, 0) is 4.79 Å². The smallest absolute Gasteiger partial charge is 0.227 e. The third kappa shape index (κ3) is 4.40. The number of nitrogens with one attached hydrogen (secondary N) is 1. The summed E-state index contributed by atoms with van der Waals surface area (Å²) in [5.41, 5.74) is 2.44. The molecule has 3 aromatic rings. The second-order valence-electron chi connectivity index (χ2n) is 6.27. The van der Waals surface area contributed by atoms with Gasteiger partial charge in [0.15, 0.2) is 10.1 Å². The zero-order valence-electron chi connectivity index (χ0n) is 15.0. The van der Waals surface area contributed by atoms with Crippen LogP contribution in [-0.4, -0.2) is 34.2 Å². The van der Waals surface area contributed by atoms with Crippen LogP contribution in [0.2, 0.25) is 0 Å². The summed E-state index contributed by atoms with van der Waals surface area (Å²) in [6, 6.07) is 17.0. The molecule has 0 unspecified atom stereocenters. The third-order valence-electron chi connectivity index (χ3n) is 4.33. The number of carbonyl (C=O) groups is 2. The largest absolute Gasteiger partial charge is 0.330 e. The molecule has 0 atom stereocenters. The van der Waals surface area contributed by atoms with Gasteiger partial charge in [0, 0.05) is 29.9 Å². The summed E-state index contributed by atoms with van der Waals surface area (Å²) in [5, 5.41) is 12.1. The SMILES string of the molecule is O=C(CSc1nnc(Nc2ccccc2)s1)c1ccc(N2CCCC2=O)cc1. The van der Waals surface area contributed by atoms with Crippen LogP contribution >= 0.6 is 23.1 Å². The molecule has 2 heterocycles. The number of anilines is 3. The minimum Gasteiger partial charge on any atom is -0.330 e. The first kappa shape index (κ1) is 18.6. The molecule has 6 nitrogen and oxygen atoms in total. The van der Waals surface area contributed by atoms with Gasteiger partial charge in [-0.2, -0.15) is 0 Å². The van der Waals surface area contributed by atoms with E-state index in [0.717, 1.165) is 28.7 Å². The van der Waals surface area contributed by atoms with E-state index < -0.39 is 0 Å². The Bertz CT molecular complexity index is 973. The summed E-state index contributed by atoms with van der Waals surface area (Å²) in [6.45, 7) is 0.748. The molecular weight excluding hydrogens is 392 g/mol. The molecular formula is C20H18N4O2S2. The average Bonchev–Trinajstić information content (AvgIpc) is 3.36. The highest BCUT2D eigenvalue weighted by atomic mass is 32.2. The second kappa shape index (κ2) is 8.53. The number of nitrogens with zero attached hydrogens (tertiary/aromatic N) is 3. The summed E-state index contributed by atoms with van der Waals surface area (Å²) in [7, 11) is 0. The van der Waals surface area contributed by atoms with E-state index in [4.69, 9.17) is 0 Å². The molecule has 0 radical (unpaired) electrons.